The van der Waals surface area contributed by atoms with Crippen LogP contribution in [0.1, 0.15) is 33.6 Å². The van der Waals surface area contributed by atoms with Gasteiger partial charge in [-0.2, -0.15) is 0 Å². The second-order valence-electron chi connectivity index (χ2n) is 7.98. The lowest BCUT2D eigenvalue weighted by atomic mass is 10.1. The number of hydrogen-bond donors (Lipinski definition) is 2. The highest BCUT2D eigenvalue weighted by Crippen LogP contribution is 2.16. The number of amides is 3. The van der Waals surface area contributed by atoms with E-state index in [1.807, 2.05) is 74.1 Å². The molecule has 1 aliphatic rings. The van der Waals surface area contributed by atoms with E-state index >= 15 is 0 Å². The fourth-order valence-electron chi connectivity index (χ4n) is 3.11. The van der Waals surface area contributed by atoms with Gasteiger partial charge < -0.3 is 24.8 Å². The molecule has 7 nitrogen and oxygen atoms in total. The summed E-state index contributed by atoms with van der Waals surface area (Å²) in [5.74, 6) is 0. The van der Waals surface area contributed by atoms with Crippen molar-refractivity contribution in [3.05, 3.63) is 48.8 Å². The van der Waals surface area contributed by atoms with Crippen LogP contribution in [0.4, 0.5) is 15.3 Å². The molecule has 1 saturated heterocycles. The minimum atomic E-state index is -0.497. The van der Waals surface area contributed by atoms with Gasteiger partial charge in [-0.05, 0) is 70.0 Å². The summed E-state index contributed by atoms with van der Waals surface area (Å²) in [5, 5.41) is 5.85. The van der Waals surface area contributed by atoms with E-state index in [4.69, 9.17) is 4.74 Å². The van der Waals surface area contributed by atoms with Crippen molar-refractivity contribution in [2.24, 2.45) is 0 Å². The van der Waals surface area contributed by atoms with E-state index in [1.54, 1.807) is 4.90 Å². The molecule has 0 saturated carbocycles. The molecule has 28 heavy (non-hydrogen) atoms. The minimum Gasteiger partial charge on any atom is -0.444 e. The number of nitrogens with one attached hydrogen (secondary N) is 2. The molecule has 2 N–H and O–H groups in total. The Hall–Kier alpha value is -2.96. The lowest BCUT2D eigenvalue weighted by Gasteiger charge is -2.33. The summed E-state index contributed by atoms with van der Waals surface area (Å²) in [7, 11) is 0. The van der Waals surface area contributed by atoms with Crippen molar-refractivity contribution < 1.29 is 14.3 Å². The molecule has 0 spiro atoms. The molecule has 1 fully saturated rings. The molecule has 1 aromatic heterocycles. The highest BCUT2D eigenvalue weighted by Gasteiger charge is 2.27. The lowest BCUT2D eigenvalue weighted by Crippen LogP contribution is -2.48. The molecule has 1 aromatic carbocycles. The number of benzene rings is 1. The Bertz CT molecular complexity index is 786. The monoisotopic (exact) mass is 384 g/mol. The van der Waals surface area contributed by atoms with E-state index in [-0.39, 0.29) is 18.2 Å². The average Bonchev–Trinajstić information content (AvgIpc) is 3.16. The first-order valence-corrected chi connectivity index (χ1v) is 9.59. The normalized spacial score (nSPS) is 15.2. The van der Waals surface area contributed by atoms with Gasteiger partial charge in [0, 0.05) is 42.9 Å². The van der Waals surface area contributed by atoms with Crippen LogP contribution in [-0.2, 0) is 4.74 Å². The number of piperidine rings is 1. The van der Waals surface area contributed by atoms with E-state index in [9.17, 15) is 9.59 Å². The molecule has 150 valence electrons. The highest BCUT2D eigenvalue weighted by molar-refractivity contribution is 5.89. The number of rotatable bonds is 3. The number of urea groups is 1. The Balaban J connectivity index is 1.44. The lowest BCUT2D eigenvalue weighted by molar-refractivity contribution is 0.0202. The zero-order chi connectivity index (χ0) is 20.1. The largest absolute Gasteiger partial charge is 0.444 e. The van der Waals surface area contributed by atoms with Crippen LogP contribution in [-0.4, -0.2) is 46.3 Å². The zero-order valence-electron chi connectivity index (χ0n) is 16.6. The molecular weight excluding hydrogens is 356 g/mol. The summed E-state index contributed by atoms with van der Waals surface area (Å²) in [6.45, 7) is 6.72. The maximum absolute atomic E-state index is 12.3. The summed E-state index contributed by atoms with van der Waals surface area (Å²) in [6, 6.07) is 11.4. The summed E-state index contributed by atoms with van der Waals surface area (Å²) < 4.78 is 7.40. The van der Waals surface area contributed by atoms with Gasteiger partial charge in [-0.25, -0.2) is 9.59 Å². The Morgan fingerprint density at radius 3 is 2.21 bits per heavy atom. The molecule has 1 aliphatic heterocycles. The van der Waals surface area contributed by atoms with Gasteiger partial charge in [0.15, 0.2) is 0 Å². The molecular formula is C21H28N4O3. The maximum atomic E-state index is 12.3. The van der Waals surface area contributed by atoms with Crippen LogP contribution in [0.3, 0.4) is 0 Å². The Morgan fingerprint density at radius 2 is 1.64 bits per heavy atom. The van der Waals surface area contributed by atoms with Crippen molar-refractivity contribution in [2.75, 3.05) is 18.4 Å². The number of carbonyl (C=O) groups excluding carboxylic acids is 2. The van der Waals surface area contributed by atoms with Gasteiger partial charge in [0.05, 0.1) is 0 Å². The quantitative estimate of drug-likeness (QED) is 0.840. The second-order valence-corrected chi connectivity index (χ2v) is 7.98. The number of ether oxygens (including phenoxy) is 1. The number of likely N-dealkylation sites (tertiary alicyclic amines) is 1. The van der Waals surface area contributed by atoms with Crippen LogP contribution in [0, 0.1) is 0 Å². The van der Waals surface area contributed by atoms with Gasteiger partial charge >= 0.3 is 12.1 Å². The van der Waals surface area contributed by atoms with E-state index in [1.165, 1.54) is 0 Å². The number of carbonyl (C=O) groups is 2. The minimum absolute atomic E-state index is 0.0397. The fourth-order valence-corrected chi connectivity index (χ4v) is 3.11. The standard InChI is InChI=1S/C21H28N4O3/c1-21(2,3)28-20(27)25-14-10-17(11-15-25)23-19(26)22-16-6-8-18(9-7-16)24-12-4-5-13-24/h4-9,12-13,17H,10-11,14-15H2,1-3H3,(H2,22,23,26). The van der Waals surface area contributed by atoms with Gasteiger partial charge in [0.2, 0.25) is 0 Å². The first-order valence-electron chi connectivity index (χ1n) is 9.59. The molecule has 0 unspecified atom stereocenters. The second kappa shape index (κ2) is 8.37. The number of nitrogens with zero attached hydrogens (tertiary/aromatic N) is 2. The van der Waals surface area contributed by atoms with Gasteiger partial charge in [-0.15, -0.1) is 0 Å². The molecule has 7 heteroatoms. The van der Waals surface area contributed by atoms with Crippen molar-refractivity contribution in [1.82, 2.24) is 14.8 Å². The number of hydrogen-bond acceptors (Lipinski definition) is 3. The summed E-state index contributed by atoms with van der Waals surface area (Å²) in [4.78, 5) is 26.1. The molecule has 2 aromatic rings. The van der Waals surface area contributed by atoms with Gasteiger partial charge in [0.1, 0.15) is 5.60 Å². The van der Waals surface area contributed by atoms with Crippen LogP contribution in [0.15, 0.2) is 48.8 Å². The predicted octanol–water partition coefficient (Wildman–Crippen LogP) is 4.00. The van der Waals surface area contributed by atoms with Gasteiger partial charge in [-0.1, -0.05) is 0 Å². The third-order valence-corrected chi connectivity index (χ3v) is 4.51. The van der Waals surface area contributed by atoms with Crippen molar-refractivity contribution in [2.45, 2.75) is 45.3 Å². The summed E-state index contributed by atoms with van der Waals surface area (Å²) >= 11 is 0. The van der Waals surface area contributed by atoms with Crippen LogP contribution >= 0.6 is 0 Å². The molecule has 0 bridgehead atoms. The molecule has 0 radical (unpaired) electrons. The number of anilines is 1. The van der Waals surface area contributed by atoms with Gasteiger partial charge in [0.25, 0.3) is 0 Å². The summed E-state index contributed by atoms with van der Waals surface area (Å²) in [5.41, 5.74) is 1.27. The topological polar surface area (TPSA) is 75.6 Å². The first kappa shape index (κ1) is 19.8. The first-order chi connectivity index (χ1) is 13.3. The predicted molar refractivity (Wildman–Crippen MR) is 109 cm³/mol. The van der Waals surface area contributed by atoms with Crippen molar-refractivity contribution in [3.63, 3.8) is 0 Å². The Labute approximate surface area is 165 Å². The Kier molecular flexibility index (Phi) is 5.92. The van der Waals surface area contributed by atoms with E-state index < -0.39 is 5.60 Å². The maximum Gasteiger partial charge on any atom is 0.410 e. The smallest absolute Gasteiger partial charge is 0.410 e. The molecule has 3 rings (SSSR count). The van der Waals surface area contributed by atoms with Crippen molar-refractivity contribution in [3.8, 4) is 5.69 Å². The van der Waals surface area contributed by atoms with Crippen LogP contribution < -0.4 is 10.6 Å². The highest BCUT2D eigenvalue weighted by atomic mass is 16.6. The average molecular weight is 384 g/mol. The van der Waals surface area contributed by atoms with E-state index in [2.05, 4.69) is 10.6 Å². The number of aromatic nitrogens is 1. The van der Waals surface area contributed by atoms with E-state index in [0.717, 1.165) is 11.4 Å². The molecule has 0 atom stereocenters. The van der Waals surface area contributed by atoms with Crippen molar-refractivity contribution in [1.29, 1.82) is 0 Å². The van der Waals surface area contributed by atoms with Crippen LogP contribution in [0.25, 0.3) is 5.69 Å². The summed E-state index contributed by atoms with van der Waals surface area (Å²) in [6.07, 6.45) is 5.06. The molecule has 2 heterocycles. The SMILES string of the molecule is CC(C)(C)OC(=O)N1CCC(NC(=O)Nc2ccc(-n3cccc3)cc2)CC1. The molecule has 3 amide bonds. The third-order valence-electron chi connectivity index (χ3n) is 4.51. The fraction of sp³-hybridized carbons (Fsp3) is 0.429. The zero-order valence-corrected chi connectivity index (χ0v) is 16.6. The third kappa shape index (κ3) is 5.52. The van der Waals surface area contributed by atoms with Gasteiger partial charge in [-0.3, -0.25) is 0 Å². The van der Waals surface area contributed by atoms with Crippen LogP contribution in [0.5, 0.6) is 0 Å². The van der Waals surface area contributed by atoms with Crippen molar-refractivity contribution >= 4 is 17.8 Å². The van der Waals surface area contributed by atoms with E-state index in [0.29, 0.717) is 25.9 Å². The Morgan fingerprint density at radius 1 is 1.04 bits per heavy atom. The molecule has 0 aliphatic carbocycles. The van der Waals surface area contributed by atoms with Crippen LogP contribution in [0.2, 0.25) is 0 Å².